The number of phenols is 5. The van der Waals surface area contributed by atoms with Crippen molar-refractivity contribution in [2.24, 2.45) is 5.73 Å². The lowest BCUT2D eigenvalue weighted by Crippen LogP contribution is -2.65. The number of nitrogens with two attached hydrogens (primary N) is 1. The van der Waals surface area contributed by atoms with Gasteiger partial charge in [0, 0.05) is 48.2 Å². The largest absolute Gasteiger partial charge is 0.508 e. The number of carbonyl (C=O) groups excluding carboxylic acids is 7. The van der Waals surface area contributed by atoms with Crippen LogP contribution in [0.4, 0.5) is 0 Å². The van der Waals surface area contributed by atoms with Crippen molar-refractivity contribution in [3.63, 3.8) is 0 Å². The molecule has 7 amide bonds. The summed E-state index contributed by atoms with van der Waals surface area (Å²) in [6.07, 6.45) is -20.7. The van der Waals surface area contributed by atoms with Crippen LogP contribution in [0.2, 0.25) is 5.02 Å². The Morgan fingerprint density at radius 1 is 0.532 bits per heavy atom. The van der Waals surface area contributed by atoms with E-state index in [0.717, 1.165) is 79.7 Å². The quantitative estimate of drug-likeness (QED) is 0.0934. The number of aliphatic carboxylic acids is 1. The first-order valence-corrected chi connectivity index (χ1v) is 33.8. The SMILES string of the molecule is CC(=O)N[C@H]1[C@H](O[C@@H]2c3ccc(c(O)c3)Oc3cc4cc(c3)[C@@H](NC(=O)[C@H]3NC(=O)[C@@H](Cc5ccc(c(Cl)c5)O4)NC(=O)[C@H](N)c4ccc(O)c(c4)Oc4cc(O)cc3c4)C(=O)N[C@H]3C(=O)N[C@@H]2C(=O)N[C@H](C(=O)O)c2cc(O)cc(O[C@H]4O[C@H](CO)[C@@H](O)[C@H](O)[C@@H]4O)c2-c2cc3ccc2O)O[C@H](CO)[C@@H](O)[C@@H]1O. The van der Waals surface area contributed by atoms with E-state index in [1.165, 1.54) is 48.5 Å². The summed E-state index contributed by atoms with van der Waals surface area (Å²) in [5, 5.41) is 163. The van der Waals surface area contributed by atoms with Gasteiger partial charge in [0.05, 0.1) is 18.2 Å². The smallest absolute Gasteiger partial charge is 0.330 e. The standard InChI is InChI=1S/C72H69ClN8O28/c1-25(84)75-56-60(92)58(90)48(23-82)107-71(56)109-63-29-5-9-45(43(89)17-29)104-36-15-31-14-35(22-36)103-44-8-2-26(10-39(44)73)11-40-64(95)77-53(30-12-32(85)19-34(13-30)105-46-18-27(3-7-42(46)88)51(74)65(96)76-40)67(98)79-54(31)68(99)78-52-28-4-6-41(87)37(16-28)50-38(55(70(101)102)80-69(100)57(63)81-66(52)97)20-33(86)21-47(50)106-72-62(94)61(93)59(91)49(24-83)108-72/h2-10,12-22,40,48-49,51-63,71-72,82-83,85-94H,11,23-24,74H2,1H3,(H,75,84)(H,76,96)(H,77,95)(H,78,99)(H,79,98)(H,80,100)(H,81,97)(H,101,102)/t40-,48-,49-,51-,52-,53+,54-,55+,56-,57+,58-,59-,60-,61+,62+,63-,71+,72+/m1/s1. The summed E-state index contributed by atoms with van der Waals surface area (Å²) in [4.78, 5) is 121. The van der Waals surface area contributed by atoms with Crippen molar-refractivity contribution in [2.45, 2.75) is 123 Å². The van der Waals surface area contributed by atoms with Gasteiger partial charge in [-0.2, -0.15) is 0 Å². The number of carboxylic acids is 1. The maximum absolute atomic E-state index is 16.3. The van der Waals surface area contributed by atoms with Gasteiger partial charge < -0.3 is 142 Å². The fourth-order valence-electron chi connectivity index (χ4n) is 13.5. The van der Waals surface area contributed by atoms with E-state index in [-0.39, 0.29) is 68.0 Å². The number of hydrogen-bond donors (Lipinski definition) is 21. The number of aliphatic hydroxyl groups excluding tert-OH is 7. The molecule has 0 unspecified atom stereocenters. The number of nitrogens with one attached hydrogen (secondary N) is 7. The Bertz CT molecular complexity index is 4820. The number of hydrogen-bond acceptors (Lipinski definition) is 28. The Hall–Kier alpha value is -11.6. The molecule has 0 spiro atoms. The topological polar surface area (TPSA) is 574 Å². The van der Waals surface area contributed by atoms with Crippen LogP contribution in [0.3, 0.4) is 0 Å². The van der Waals surface area contributed by atoms with E-state index >= 15 is 24.0 Å². The molecule has 0 saturated carbocycles. The highest BCUT2D eigenvalue weighted by Crippen LogP contribution is 2.48. The average molecular weight is 1530 g/mol. The molecule has 37 heteroatoms. The molecule has 17 bridgehead atoms. The first-order valence-electron chi connectivity index (χ1n) is 33.4. The molecule has 8 aliphatic heterocycles. The summed E-state index contributed by atoms with van der Waals surface area (Å²) >= 11 is 6.97. The normalized spacial score (nSPS) is 28.2. The number of rotatable bonds is 8. The predicted octanol–water partition coefficient (Wildman–Crippen LogP) is -0.227. The molecule has 8 heterocycles. The van der Waals surface area contributed by atoms with Crippen LogP contribution < -0.4 is 61.9 Å². The Labute approximate surface area is 619 Å². The Balaban J connectivity index is 1.04. The van der Waals surface area contributed by atoms with Gasteiger partial charge in [-0.15, -0.1) is 0 Å². The Morgan fingerprint density at radius 3 is 1.77 bits per heavy atom. The third-order valence-electron chi connectivity index (χ3n) is 18.9. The van der Waals surface area contributed by atoms with Crippen LogP contribution in [0.25, 0.3) is 11.1 Å². The maximum Gasteiger partial charge on any atom is 0.330 e. The van der Waals surface area contributed by atoms with E-state index in [1.54, 1.807) is 0 Å². The second kappa shape index (κ2) is 30.5. The zero-order chi connectivity index (χ0) is 77.9. The number of carbonyl (C=O) groups is 8. The van der Waals surface area contributed by atoms with Gasteiger partial charge in [0.1, 0.15) is 137 Å². The van der Waals surface area contributed by atoms with Gasteiger partial charge in [-0.3, -0.25) is 33.6 Å². The van der Waals surface area contributed by atoms with E-state index in [4.69, 9.17) is 50.5 Å². The molecule has 2 fully saturated rings. The van der Waals surface area contributed by atoms with Crippen molar-refractivity contribution in [3.05, 3.63) is 165 Å². The van der Waals surface area contributed by atoms with E-state index in [2.05, 4.69) is 37.2 Å². The van der Waals surface area contributed by atoms with E-state index in [1.807, 2.05) is 0 Å². The minimum absolute atomic E-state index is 0.0821. The summed E-state index contributed by atoms with van der Waals surface area (Å²) in [5.74, 6) is -16.9. The van der Waals surface area contributed by atoms with Crippen LogP contribution in [-0.4, -0.2) is 200 Å². The second-order valence-corrected chi connectivity index (χ2v) is 26.8. The minimum Gasteiger partial charge on any atom is -0.508 e. The number of carboxylic acid groups (broad SMARTS) is 1. The van der Waals surface area contributed by atoms with Crippen LogP contribution in [0.15, 0.2) is 121 Å². The molecule has 0 radical (unpaired) electrons. The molecule has 15 rings (SSSR count). The molecule has 572 valence electrons. The number of phenolic OH excluding ortho intramolecular Hbond substituents is 5. The number of benzene rings is 7. The van der Waals surface area contributed by atoms with E-state index < -0.39 is 233 Å². The molecule has 7 aromatic carbocycles. The Kier molecular flexibility index (Phi) is 21.2. The fourth-order valence-corrected chi connectivity index (χ4v) is 13.7. The number of aliphatic hydroxyl groups is 7. The lowest BCUT2D eigenvalue weighted by Gasteiger charge is -2.44. The average Bonchev–Trinajstić information content (AvgIpc) is 0.759. The number of amides is 7. The molecule has 8 aliphatic rings. The first-order chi connectivity index (χ1) is 51.9. The molecule has 22 N–H and O–H groups in total. The summed E-state index contributed by atoms with van der Waals surface area (Å²) in [7, 11) is 0. The van der Waals surface area contributed by atoms with Crippen LogP contribution in [0.5, 0.6) is 69.0 Å². The molecular weight excluding hydrogens is 1460 g/mol. The first kappa shape index (κ1) is 75.6. The summed E-state index contributed by atoms with van der Waals surface area (Å²) in [5.41, 5.74) is 3.44. The lowest BCUT2D eigenvalue weighted by atomic mass is 9.89. The van der Waals surface area contributed by atoms with Crippen LogP contribution in [0, 0.1) is 0 Å². The van der Waals surface area contributed by atoms with Crippen molar-refractivity contribution in [1.29, 1.82) is 0 Å². The van der Waals surface area contributed by atoms with Gasteiger partial charge in [-0.25, -0.2) is 4.79 Å². The van der Waals surface area contributed by atoms with E-state index in [0.29, 0.717) is 0 Å². The van der Waals surface area contributed by atoms with Crippen LogP contribution >= 0.6 is 11.6 Å². The van der Waals surface area contributed by atoms with Crippen molar-refractivity contribution >= 4 is 58.9 Å². The highest BCUT2D eigenvalue weighted by molar-refractivity contribution is 6.32. The van der Waals surface area contributed by atoms with Crippen LogP contribution in [0.1, 0.15) is 82.2 Å². The highest BCUT2D eigenvalue weighted by Gasteiger charge is 2.50. The van der Waals surface area contributed by atoms with Gasteiger partial charge in [0.25, 0.3) is 0 Å². The predicted molar refractivity (Wildman–Crippen MR) is 367 cm³/mol. The third kappa shape index (κ3) is 15.4. The highest BCUT2D eigenvalue weighted by atomic mass is 35.5. The van der Waals surface area contributed by atoms with Crippen molar-refractivity contribution in [2.75, 3.05) is 13.2 Å². The van der Waals surface area contributed by atoms with Crippen LogP contribution in [-0.2, 0) is 59.0 Å². The van der Waals surface area contributed by atoms with Crippen molar-refractivity contribution in [3.8, 4) is 80.1 Å². The second-order valence-electron chi connectivity index (χ2n) is 26.3. The van der Waals surface area contributed by atoms with Gasteiger partial charge in [0.2, 0.25) is 47.6 Å². The fraction of sp³-hybridized carbons (Fsp3) is 0.306. The molecular formula is C72H69ClN8O28. The molecule has 36 nitrogen and oxygen atoms in total. The summed E-state index contributed by atoms with van der Waals surface area (Å²) < 4.78 is 43.0. The monoisotopic (exact) mass is 1530 g/mol. The molecule has 2 saturated heterocycles. The molecule has 109 heavy (non-hydrogen) atoms. The van der Waals surface area contributed by atoms with Crippen molar-refractivity contribution in [1.82, 2.24) is 37.2 Å². The zero-order valence-electron chi connectivity index (χ0n) is 56.5. The van der Waals surface area contributed by atoms with Gasteiger partial charge in [0.15, 0.2) is 35.3 Å². The third-order valence-corrected chi connectivity index (χ3v) is 19.2. The molecule has 0 aliphatic carbocycles. The minimum atomic E-state index is -2.51. The number of ether oxygens (including phenoxy) is 7. The molecule has 18 atom stereocenters. The number of halogens is 1. The van der Waals surface area contributed by atoms with E-state index in [9.17, 15) is 80.8 Å². The maximum atomic E-state index is 16.3. The Morgan fingerprint density at radius 2 is 1.11 bits per heavy atom. The number of aromatic hydroxyl groups is 5. The van der Waals surface area contributed by atoms with Gasteiger partial charge in [-0.05, 0) is 112 Å². The summed E-state index contributed by atoms with van der Waals surface area (Å²) in [6.45, 7) is -1.04. The van der Waals surface area contributed by atoms with Gasteiger partial charge >= 0.3 is 5.97 Å². The van der Waals surface area contributed by atoms with Gasteiger partial charge in [-0.1, -0.05) is 35.9 Å². The molecule has 7 aromatic rings. The zero-order valence-corrected chi connectivity index (χ0v) is 57.2. The van der Waals surface area contributed by atoms with Crippen molar-refractivity contribution < 1.29 is 138 Å². The summed E-state index contributed by atoms with van der Waals surface area (Å²) in [6, 6.07) is 5.63. The lowest BCUT2D eigenvalue weighted by molar-refractivity contribution is -0.284. The number of fused-ring (bicyclic) bond motifs is 14. The molecule has 0 aromatic heterocycles.